The summed E-state index contributed by atoms with van der Waals surface area (Å²) < 4.78 is 2.27. The van der Waals surface area contributed by atoms with E-state index in [2.05, 4.69) is 30.3 Å². The van der Waals surface area contributed by atoms with Crippen LogP contribution in [0.15, 0.2) is 12.5 Å². The molecule has 1 aromatic heterocycles. The van der Waals surface area contributed by atoms with Gasteiger partial charge in [0.05, 0.1) is 6.33 Å². The van der Waals surface area contributed by atoms with Crippen molar-refractivity contribution in [3.63, 3.8) is 0 Å². The van der Waals surface area contributed by atoms with E-state index < -0.39 is 0 Å². The van der Waals surface area contributed by atoms with Crippen LogP contribution >= 0.6 is 0 Å². The average molecular weight is 222 g/mol. The first-order chi connectivity index (χ1) is 7.81. The Kier molecular flexibility index (Phi) is 6.20. The van der Waals surface area contributed by atoms with E-state index >= 15 is 0 Å². The van der Waals surface area contributed by atoms with E-state index in [4.69, 9.17) is 0 Å². The van der Waals surface area contributed by atoms with Crippen LogP contribution in [0.4, 0.5) is 0 Å². The van der Waals surface area contributed by atoms with Gasteiger partial charge in [0, 0.05) is 18.4 Å². The van der Waals surface area contributed by atoms with E-state index in [1.54, 1.807) is 0 Å². The van der Waals surface area contributed by atoms with Gasteiger partial charge in [0.25, 0.3) is 0 Å². The number of hydrogen-bond donors (Lipinski definition) is 0. The normalized spacial score (nSPS) is 12.9. The lowest BCUT2D eigenvalue weighted by Gasteiger charge is -2.16. The van der Waals surface area contributed by atoms with Crippen molar-refractivity contribution in [3.05, 3.63) is 18.2 Å². The number of unbranched alkanes of at least 4 members (excludes halogenated alkanes) is 1. The third kappa shape index (κ3) is 3.99. The number of aromatic nitrogens is 2. The minimum atomic E-state index is 0.854. The molecule has 0 fully saturated rings. The van der Waals surface area contributed by atoms with Crippen LogP contribution in [0, 0.1) is 5.92 Å². The molecule has 1 heterocycles. The zero-order chi connectivity index (χ0) is 11.8. The van der Waals surface area contributed by atoms with Crippen molar-refractivity contribution in [2.24, 2.45) is 5.92 Å². The summed E-state index contributed by atoms with van der Waals surface area (Å²) in [5.41, 5.74) is 1.41. The minimum absolute atomic E-state index is 0.854. The second-order valence-electron chi connectivity index (χ2n) is 4.67. The highest BCUT2D eigenvalue weighted by Crippen LogP contribution is 2.20. The van der Waals surface area contributed by atoms with Gasteiger partial charge in [0.2, 0.25) is 0 Å². The van der Waals surface area contributed by atoms with Gasteiger partial charge in [-0.2, -0.15) is 0 Å². The SMILES string of the molecule is CCCCC(CCC)Cc1cncn1CC. The summed E-state index contributed by atoms with van der Waals surface area (Å²) in [6, 6.07) is 0. The maximum atomic E-state index is 4.25. The van der Waals surface area contributed by atoms with Crippen LogP contribution in [0.3, 0.4) is 0 Å². The fourth-order valence-corrected chi connectivity index (χ4v) is 2.35. The summed E-state index contributed by atoms with van der Waals surface area (Å²) in [7, 11) is 0. The first-order valence-electron chi connectivity index (χ1n) is 6.80. The van der Waals surface area contributed by atoms with Gasteiger partial charge in [0.1, 0.15) is 0 Å². The average Bonchev–Trinajstić information content (AvgIpc) is 2.73. The Hall–Kier alpha value is -0.790. The summed E-state index contributed by atoms with van der Waals surface area (Å²) in [5, 5.41) is 0. The van der Waals surface area contributed by atoms with Gasteiger partial charge >= 0.3 is 0 Å². The number of hydrogen-bond acceptors (Lipinski definition) is 1. The van der Waals surface area contributed by atoms with E-state index in [0.29, 0.717) is 0 Å². The Morgan fingerprint density at radius 3 is 2.62 bits per heavy atom. The second kappa shape index (κ2) is 7.48. The van der Waals surface area contributed by atoms with Crippen molar-refractivity contribution >= 4 is 0 Å². The molecule has 2 nitrogen and oxygen atoms in total. The summed E-state index contributed by atoms with van der Waals surface area (Å²) in [4.78, 5) is 4.25. The predicted octanol–water partition coefficient (Wildman–Crippen LogP) is 4.05. The quantitative estimate of drug-likeness (QED) is 0.649. The summed E-state index contributed by atoms with van der Waals surface area (Å²) in [6.07, 6.45) is 11.9. The second-order valence-corrected chi connectivity index (χ2v) is 4.67. The molecule has 0 amide bonds. The van der Waals surface area contributed by atoms with Crippen LogP contribution in [-0.4, -0.2) is 9.55 Å². The molecule has 0 radical (unpaired) electrons. The van der Waals surface area contributed by atoms with Crippen LogP contribution in [0.2, 0.25) is 0 Å². The number of aryl methyl sites for hydroxylation is 1. The predicted molar refractivity (Wildman–Crippen MR) is 69.5 cm³/mol. The van der Waals surface area contributed by atoms with Crippen LogP contribution in [0.5, 0.6) is 0 Å². The fraction of sp³-hybridized carbons (Fsp3) is 0.786. The van der Waals surface area contributed by atoms with Gasteiger partial charge in [-0.3, -0.25) is 0 Å². The Morgan fingerprint density at radius 1 is 1.19 bits per heavy atom. The Morgan fingerprint density at radius 2 is 2.00 bits per heavy atom. The summed E-state index contributed by atoms with van der Waals surface area (Å²) in [5.74, 6) is 0.854. The first-order valence-corrected chi connectivity index (χ1v) is 6.80. The molecule has 2 heteroatoms. The molecule has 1 rings (SSSR count). The highest BCUT2D eigenvalue weighted by Gasteiger charge is 2.11. The summed E-state index contributed by atoms with van der Waals surface area (Å²) in [6.45, 7) is 7.80. The zero-order valence-electron chi connectivity index (χ0n) is 11.1. The van der Waals surface area contributed by atoms with Crippen molar-refractivity contribution in [1.29, 1.82) is 0 Å². The first kappa shape index (κ1) is 13.3. The molecule has 0 bridgehead atoms. The zero-order valence-corrected chi connectivity index (χ0v) is 11.1. The van der Waals surface area contributed by atoms with Crippen molar-refractivity contribution in [2.45, 2.75) is 65.8 Å². The molecule has 0 aliphatic heterocycles. The van der Waals surface area contributed by atoms with E-state index in [-0.39, 0.29) is 0 Å². The standard InChI is InChI=1S/C14H26N2/c1-4-7-9-13(8-5-2)10-14-11-15-12-16(14)6-3/h11-13H,4-10H2,1-3H3. The Labute approximate surface area is 100 Å². The largest absolute Gasteiger partial charge is 0.335 e. The van der Waals surface area contributed by atoms with E-state index in [1.165, 1.54) is 44.2 Å². The van der Waals surface area contributed by atoms with Gasteiger partial charge < -0.3 is 4.57 Å². The highest BCUT2D eigenvalue weighted by molar-refractivity contribution is 4.99. The van der Waals surface area contributed by atoms with Crippen molar-refractivity contribution in [2.75, 3.05) is 0 Å². The molecule has 1 unspecified atom stereocenters. The van der Waals surface area contributed by atoms with Crippen molar-refractivity contribution in [1.82, 2.24) is 9.55 Å². The van der Waals surface area contributed by atoms with Gasteiger partial charge in [-0.1, -0.05) is 46.0 Å². The molecule has 0 aliphatic carbocycles. The molecule has 0 saturated heterocycles. The third-order valence-electron chi connectivity index (χ3n) is 3.30. The lowest BCUT2D eigenvalue weighted by molar-refractivity contribution is 0.417. The van der Waals surface area contributed by atoms with E-state index in [9.17, 15) is 0 Å². The number of nitrogens with zero attached hydrogens (tertiary/aromatic N) is 2. The van der Waals surface area contributed by atoms with Gasteiger partial charge in [-0.05, 0) is 19.3 Å². The Balaban J connectivity index is 2.52. The van der Waals surface area contributed by atoms with Gasteiger partial charge in [-0.15, -0.1) is 0 Å². The lowest BCUT2D eigenvalue weighted by atomic mass is 9.92. The van der Waals surface area contributed by atoms with Gasteiger partial charge in [-0.25, -0.2) is 4.98 Å². The lowest BCUT2D eigenvalue weighted by Crippen LogP contribution is -2.08. The third-order valence-corrected chi connectivity index (χ3v) is 3.30. The molecule has 1 aromatic rings. The number of imidazole rings is 1. The molecule has 0 aliphatic rings. The highest BCUT2D eigenvalue weighted by atomic mass is 15.0. The van der Waals surface area contributed by atoms with Crippen LogP contribution in [0.1, 0.15) is 58.6 Å². The van der Waals surface area contributed by atoms with Gasteiger partial charge in [0.15, 0.2) is 0 Å². The topological polar surface area (TPSA) is 17.8 Å². The Bertz CT molecular complexity index is 278. The maximum Gasteiger partial charge on any atom is 0.0948 e. The molecule has 0 spiro atoms. The van der Waals surface area contributed by atoms with Crippen LogP contribution in [0.25, 0.3) is 0 Å². The maximum absolute atomic E-state index is 4.25. The minimum Gasteiger partial charge on any atom is -0.335 e. The molecule has 0 N–H and O–H groups in total. The van der Waals surface area contributed by atoms with E-state index in [0.717, 1.165) is 12.5 Å². The van der Waals surface area contributed by atoms with E-state index in [1.807, 2.05) is 12.5 Å². The monoisotopic (exact) mass is 222 g/mol. The molecule has 0 saturated carbocycles. The smallest absolute Gasteiger partial charge is 0.0948 e. The summed E-state index contributed by atoms with van der Waals surface area (Å²) >= 11 is 0. The molecular formula is C14H26N2. The molecule has 16 heavy (non-hydrogen) atoms. The number of rotatable bonds is 8. The molecular weight excluding hydrogens is 196 g/mol. The van der Waals surface area contributed by atoms with Crippen molar-refractivity contribution in [3.8, 4) is 0 Å². The molecule has 1 atom stereocenters. The fourth-order valence-electron chi connectivity index (χ4n) is 2.35. The van der Waals surface area contributed by atoms with Crippen molar-refractivity contribution < 1.29 is 0 Å². The molecule has 0 aromatic carbocycles. The van der Waals surface area contributed by atoms with Crippen LogP contribution in [-0.2, 0) is 13.0 Å². The molecule has 92 valence electrons. The van der Waals surface area contributed by atoms with Crippen LogP contribution < -0.4 is 0 Å².